The van der Waals surface area contributed by atoms with Gasteiger partial charge in [-0.2, -0.15) is 0 Å². The van der Waals surface area contributed by atoms with Gasteiger partial charge in [-0.05, 0) is 18.9 Å². The predicted molar refractivity (Wildman–Crippen MR) is 53.8 cm³/mol. The lowest BCUT2D eigenvalue weighted by Crippen LogP contribution is -2.17. The van der Waals surface area contributed by atoms with Crippen molar-refractivity contribution in [3.63, 3.8) is 0 Å². The maximum absolute atomic E-state index is 10.8. The van der Waals surface area contributed by atoms with E-state index in [0.29, 0.717) is 0 Å². The monoisotopic (exact) mass is 198 g/mol. The van der Waals surface area contributed by atoms with Crippen LogP contribution in [0.5, 0.6) is 0 Å². The van der Waals surface area contributed by atoms with Crippen LogP contribution in [0, 0.1) is 0 Å². The van der Waals surface area contributed by atoms with Crippen LogP contribution in [-0.2, 0) is 9.53 Å². The van der Waals surface area contributed by atoms with Gasteiger partial charge >= 0.3 is 5.97 Å². The van der Waals surface area contributed by atoms with Crippen LogP contribution in [0.3, 0.4) is 0 Å². The molecular weight excluding hydrogens is 180 g/mol. The van der Waals surface area contributed by atoms with Gasteiger partial charge in [-0.15, -0.1) is 0 Å². The molecule has 1 saturated heterocycles. The molecule has 3 nitrogen and oxygen atoms in total. The smallest absolute Gasteiger partial charge is 0.309 e. The molecule has 1 N–H and O–H groups in total. The molecule has 1 aliphatic rings. The van der Waals surface area contributed by atoms with Crippen LogP contribution in [0.4, 0.5) is 0 Å². The number of unbranched alkanes of at least 4 members (excludes halogenated alkanes) is 3. The number of hydrogen-bond donors (Lipinski definition) is 1. The number of cyclic esters (lactones) is 1. The fourth-order valence-corrected chi connectivity index (χ4v) is 1.48. The summed E-state index contributed by atoms with van der Waals surface area (Å²) in [4.78, 5) is 10.8. The lowest BCUT2D eigenvalue weighted by atomic mass is 10.1. The second-order valence-electron chi connectivity index (χ2n) is 3.65. The van der Waals surface area contributed by atoms with E-state index < -0.39 is 12.2 Å². The molecule has 80 valence electrons. The van der Waals surface area contributed by atoms with Gasteiger partial charge in [0.05, 0.1) is 6.42 Å². The van der Waals surface area contributed by atoms with Crippen LogP contribution in [0.2, 0.25) is 0 Å². The van der Waals surface area contributed by atoms with Crippen molar-refractivity contribution < 1.29 is 14.6 Å². The van der Waals surface area contributed by atoms with Crippen LogP contribution >= 0.6 is 0 Å². The fourth-order valence-electron chi connectivity index (χ4n) is 1.48. The summed E-state index contributed by atoms with van der Waals surface area (Å²) in [7, 11) is 0. The lowest BCUT2D eigenvalue weighted by Gasteiger charge is -2.06. The van der Waals surface area contributed by atoms with E-state index in [1.54, 1.807) is 6.08 Å². The van der Waals surface area contributed by atoms with Gasteiger partial charge in [0, 0.05) is 0 Å². The summed E-state index contributed by atoms with van der Waals surface area (Å²) in [5, 5.41) is 9.36. The Hall–Kier alpha value is -0.830. The SMILES string of the molecule is CCCCC/C=C/[C@@H]1OC(=O)C[C@@H]1O. The molecule has 1 fully saturated rings. The summed E-state index contributed by atoms with van der Waals surface area (Å²) in [5.41, 5.74) is 0. The van der Waals surface area contributed by atoms with Crippen LogP contribution in [0.15, 0.2) is 12.2 Å². The molecule has 0 aromatic carbocycles. The molecule has 0 spiro atoms. The molecule has 0 aromatic heterocycles. The van der Waals surface area contributed by atoms with E-state index in [4.69, 9.17) is 4.74 Å². The first-order valence-electron chi connectivity index (χ1n) is 5.28. The van der Waals surface area contributed by atoms with Crippen LogP contribution < -0.4 is 0 Å². The number of rotatable bonds is 5. The Kier molecular flexibility index (Phi) is 4.66. The van der Waals surface area contributed by atoms with Gasteiger partial charge in [0.2, 0.25) is 0 Å². The summed E-state index contributed by atoms with van der Waals surface area (Å²) in [6.45, 7) is 2.16. The first kappa shape index (κ1) is 11.2. The van der Waals surface area contributed by atoms with E-state index >= 15 is 0 Å². The van der Waals surface area contributed by atoms with E-state index in [1.807, 2.05) is 6.08 Å². The highest BCUT2D eigenvalue weighted by Crippen LogP contribution is 2.16. The van der Waals surface area contributed by atoms with Crippen molar-refractivity contribution in [2.75, 3.05) is 0 Å². The molecule has 0 unspecified atom stereocenters. The molecule has 3 heteroatoms. The minimum Gasteiger partial charge on any atom is -0.455 e. The normalized spacial score (nSPS) is 27.1. The van der Waals surface area contributed by atoms with Crippen molar-refractivity contribution >= 4 is 5.97 Å². The Morgan fingerprint density at radius 3 is 2.93 bits per heavy atom. The van der Waals surface area contributed by atoms with Gasteiger partial charge in [0.25, 0.3) is 0 Å². The van der Waals surface area contributed by atoms with E-state index in [-0.39, 0.29) is 12.4 Å². The summed E-state index contributed by atoms with van der Waals surface area (Å²) in [6, 6.07) is 0. The summed E-state index contributed by atoms with van der Waals surface area (Å²) < 4.78 is 4.90. The van der Waals surface area contributed by atoms with E-state index in [9.17, 15) is 9.90 Å². The lowest BCUT2D eigenvalue weighted by molar-refractivity contribution is -0.140. The number of ether oxygens (including phenoxy) is 1. The molecule has 1 aliphatic heterocycles. The predicted octanol–water partition coefficient (Wildman–Crippen LogP) is 1.80. The van der Waals surface area contributed by atoms with Gasteiger partial charge in [0.15, 0.2) is 0 Å². The number of esters is 1. The number of aliphatic hydroxyl groups is 1. The Labute approximate surface area is 84.8 Å². The summed E-state index contributed by atoms with van der Waals surface area (Å²) in [6.07, 6.45) is 7.43. The van der Waals surface area contributed by atoms with Crippen LogP contribution in [0.1, 0.15) is 39.0 Å². The quantitative estimate of drug-likeness (QED) is 0.416. The molecule has 0 aromatic rings. The van der Waals surface area contributed by atoms with Crippen molar-refractivity contribution in [3.05, 3.63) is 12.2 Å². The second-order valence-corrected chi connectivity index (χ2v) is 3.65. The molecule has 0 radical (unpaired) electrons. The Bertz CT molecular complexity index is 211. The molecule has 14 heavy (non-hydrogen) atoms. The van der Waals surface area contributed by atoms with Crippen molar-refractivity contribution in [1.29, 1.82) is 0 Å². The first-order valence-corrected chi connectivity index (χ1v) is 5.28. The van der Waals surface area contributed by atoms with Gasteiger partial charge in [-0.25, -0.2) is 0 Å². The minimum absolute atomic E-state index is 0.129. The van der Waals surface area contributed by atoms with Gasteiger partial charge < -0.3 is 9.84 Å². The largest absolute Gasteiger partial charge is 0.455 e. The molecule has 2 atom stereocenters. The number of allylic oxidation sites excluding steroid dienone is 1. The van der Waals surface area contributed by atoms with E-state index in [2.05, 4.69) is 6.92 Å². The molecule has 0 bridgehead atoms. The molecule has 0 aliphatic carbocycles. The molecule has 0 amide bonds. The third kappa shape index (κ3) is 3.50. The summed E-state index contributed by atoms with van der Waals surface area (Å²) >= 11 is 0. The Balaban J connectivity index is 2.19. The minimum atomic E-state index is -0.648. The third-order valence-electron chi connectivity index (χ3n) is 2.32. The average molecular weight is 198 g/mol. The van der Waals surface area contributed by atoms with E-state index in [0.717, 1.165) is 12.8 Å². The third-order valence-corrected chi connectivity index (χ3v) is 2.32. The number of hydrogen-bond acceptors (Lipinski definition) is 3. The number of carbonyl (C=O) groups excluding carboxylic acids is 1. The fraction of sp³-hybridized carbons (Fsp3) is 0.727. The Morgan fingerprint density at radius 1 is 1.57 bits per heavy atom. The number of aliphatic hydroxyl groups excluding tert-OH is 1. The van der Waals surface area contributed by atoms with E-state index in [1.165, 1.54) is 12.8 Å². The maximum atomic E-state index is 10.8. The van der Waals surface area contributed by atoms with Crippen molar-refractivity contribution in [1.82, 2.24) is 0 Å². The molecular formula is C11H18O3. The highest BCUT2D eigenvalue weighted by atomic mass is 16.6. The second kappa shape index (κ2) is 5.81. The van der Waals surface area contributed by atoms with Crippen LogP contribution in [-0.4, -0.2) is 23.3 Å². The molecule has 1 heterocycles. The maximum Gasteiger partial charge on any atom is 0.309 e. The zero-order valence-electron chi connectivity index (χ0n) is 8.61. The topological polar surface area (TPSA) is 46.5 Å². The van der Waals surface area contributed by atoms with Crippen molar-refractivity contribution in [2.24, 2.45) is 0 Å². The highest BCUT2D eigenvalue weighted by molar-refractivity contribution is 5.72. The van der Waals surface area contributed by atoms with Crippen molar-refractivity contribution in [2.45, 2.75) is 51.2 Å². The van der Waals surface area contributed by atoms with Crippen LogP contribution in [0.25, 0.3) is 0 Å². The first-order chi connectivity index (χ1) is 6.74. The molecule has 1 rings (SSSR count). The standard InChI is InChI=1S/C11H18O3/c1-2-3-4-5-6-7-10-9(12)8-11(13)14-10/h6-7,9-10,12H,2-5,8H2,1H3/b7-6+/t9-,10-/m0/s1. The highest BCUT2D eigenvalue weighted by Gasteiger charge is 2.30. The van der Waals surface area contributed by atoms with Gasteiger partial charge in [0.1, 0.15) is 12.2 Å². The zero-order valence-corrected chi connectivity index (χ0v) is 8.61. The Morgan fingerprint density at radius 2 is 2.36 bits per heavy atom. The van der Waals surface area contributed by atoms with Crippen molar-refractivity contribution in [3.8, 4) is 0 Å². The number of carbonyl (C=O) groups is 1. The molecule has 0 saturated carbocycles. The van der Waals surface area contributed by atoms with Gasteiger partial charge in [-0.3, -0.25) is 4.79 Å². The zero-order chi connectivity index (χ0) is 10.4. The van der Waals surface area contributed by atoms with Gasteiger partial charge in [-0.1, -0.05) is 25.8 Å². The summed E-state index contributed by atoms with van der Waals surface area (Å²) in [5.74, 6) is -0.305. The average Bonchev–Trinajstić information content (AvgIpc) is 2.45.